The highest BCUT2D eigenvalue weighted by molar-refractivity contribution is 5.78. The molecular weight excluding hydrogens is 276 g/mol. The molecule has 2 aromatic carbocycles. The predicted octanol–water partition coefficient (Wildman–Crippen LogP) is 2.05. The summed E-state index contributed by atoms with van der Waals surface area (Å²) in [5.41, 5.74) is 13.8. The van der Waals surface area contributed by atoms with Crippen molar-refractivity contribution in [1.29, 1.82) is 0 Å². The third-order valence-corrected chi connectivity index (χ3v) is 3.30. The van der Waals surface area contributed by atoms with Crippen LogP contribution in [0.5, 0.6) is 5.75 Å². The van der Waals surface area contributed by atoms with Gasteiger partial charge < -0.3 is 16.2 Å². The average Bonchev–Trinajstić information content (AvgIpc) is 2.49. The van der Waals surface area contributed by atoms with Crippen molar-refractivity contribution in [3.8, 4) is 5.75 Å². The number of rotatable bonds is 6. The maximum atomic E-state index is 12.0. The molecule has 0 spiro atoms. The minimum absolute atomic E-state index is 0.104. The van der Waals surface area contributed by atoms with Gasteiger partial charge in [-0.2, -0.15) is 0 Å². The molecule has 0 amide bonds. The molecule has 116 valence electrons. The van der Waals surface area contributed by atoms with E-state index < -0.39 is 12.0 Å². The van der Waals surface area contributed by atoms with Crippen molar-refractivity contribution in [3.63, 3.8) is 0 Å². The third kappa shape index (κ3) is 4.98. The highest BCUT2D eigenvalue weighted by Crippen LogP contribution is 2.14. The van der Waals surface area contributed by atoms with Gasteiger partial charge in [0.25, 0.3) is 0 Å². The molecule has 0 aliphatic rings. The number of nitrogens with two attached hydrogens (primary N) is 2. The fraction of sp³-hybridized carbons (Fsp3) is 0.278. The molecule has 22 heavy (non-hydrogen) atoms. The van der Waals surface area contributed by atoms with Gasteiger partial charge in [0.2, 0.25) is 0 Å². The Morgan fingerprint density at radius 3 is 2.14 bits per heavy atom. The Morgan fingerprint density at radius 1 is 0.955 bits per heavy atom. The lowest BCUT2D eigenvalue weighted by Gasteiger charge is -2.12. The highest BCUT2D eigenvalue weighted by atomic mass is 16.5. The number of hydrogen-bond acceptors (Lipinski definition) is 4. The van der Waals surface area contributed by atoms with Crippen LogP contribution < -0.4 is 16.2 Å². The van der Waals surface area contributed by atoms with Crippen LogP contribution in [0.3, 0.4) is 0 Å². The monoisotopic (exact) mass is 298 g/mol. The van der Waals surface area contributed by atoms with Gasteiger partial charge in [0.05, 0.1) is 0 Å². The normalized spacial score (nSPS) is 13.4. The van der Waals surface area contributed by atoms with Gasteiger partial charge in [0.15, 0.2) is 0 Å². The maximum Gasteiger partial charge on any atom is 0.328 e. The molecule has 4 nitrogen and oxygen atoms in total. The van der Waals surface area contributed by atoms with Gasteiger partial charge in [-0.1, -0.05) is 42.5 Å². The largest absolute Gasteiger partial charge is 0.425 e. The zero-order chi connectivity index (χ0) is 15.9. The molecule has 0 bridgehead atoms. The van der Waals surface area contributed by atoms with Crippen LogP contribution in [-0.4, -0.2) is 18.1 Å². The van der Waals surface area contributed by atoms with Gasteiger partial charge in [-0.05, 0) is 43.0 Å². The van der Waals surface area contributed by atoms with Crippen molar-refractivity contribution in [2.75, 3.05) is 0 Å². The first-order chi connectivity index (χ1) is 10.5. The van der Waals surface area contributed by atoms with Crippen molar-refractivity contribution in [3.05, 3.63) is 65.7 Å². The Balaban J connectivity index is 1.90. The second-order valence-corrected chi connectivity index (χ2v) is 5.54. The summed E-state index contributed by atoms with van der Waals surface area (Å²) in [5, 5.41) is 0. The fourth-order valence-corrected chi connectivity index (χ4v) is 2.21. The summed E-state index contributed by atoms with van der Waals surface area (Å²) in [7, 11) is 0. The van der Waals surface area contributed by atoms with E-state index >= 15 is 0 Å². The number of ether oxygens (including phenoxy) is 1. The minimum atomic E-state index is -0.675. The van der Waals surface area contributed by atoms with Crippen LogP contribution in [-0.2, 0) is 17.6 Å². The van der Waals surface area contributed by atoms with Crippen molar-refractivity contribution in [2.45, 2.75) is 31.8 Å². The van der Waals surface area contributed by atoms with Crippen molar-refractivity contribution in [1.82, 2.24) is 0 Å². The first kappa shape index (κ1) is 16.2. The van der Waals surface area contributed by atoms with E-state index in [1.807, 2.05) is 49.4 Å². The van der Waals surface area contributed by atoms with E-state index in [-0.39, 0.29) is 6.04 Å². The molecule has 0 saturated heterocycles. The molecule has 2 atom stereocenters. The number of carbonyl (C=O) groups excluding carboxylic acids is 1. The van der Waals surface area contributed by atoms with Crippen LogP contribution in [0.2, 0.25) is 0 Å². The van der Waals surface area contributed by atoms with Crippen LogP contribution in [0.4, 0.5) is 0 Å². The van der Waals surface area contributed by atoms with Crippen LogP contribution >= 0.6 is 0 Å². The van der Waals surface area contributed by atoms with Gasteiger partial charge in [-0.25, -0.2) is 4.79 Å². The van der Waals surface area contributed by atoms with E-state index in [2.05, 4.69) is 0 Å². The Labute approximate surface area is 131 Å². The Morgan fingerprint density at radius 2 is 1.55 bits per heavy atom. The molecular formula is C18H22N2O2. The summed E-state index contributed by atoms with van der Waals surface area (Å²) >= 11 is 0. The molecule has 2 rings (SSSR count). The maximum absolute atomic E-state index is 12.0. The smallest absolute Gasteiger partial charge is 0.328 e. The topological polar surface area (TPSA) is 78.3 Å². The first-order valence-electron chi connectivity index (χ1n) is 7.40. The predicted molar refractivity (Wildman–Crippen MR) is 87.6 cm³/mol. The first-order valence-corrected chi connectivity index (χ1v) is 7.40. The van der Waals surface area contributed by atoms with Gasteiger partial charge in [0, 0.05) is 6.04 Å². The lowest BCUT2D eigenvalue weighted by atomic mass is 10.1. The summed E-state index contributed by atoms with van der Waals surface area (Å²) in [6, 6.07) is 16.4. The number of hydrogen-bond donors (Lipinski definition) is 2. The van der Waals surface area contributed by atoms with E-state index in [1.54, 1.807) is 12.1 Å². The average molecular weight is 298 g/mol. The second kappa shape index (κ2) is 7.73. The molecule has 2 aromatic rings. The van der Waals surface area contributed by atoms with E-state index in [0.29, 0.717) is 12.2 Å². The van der Waals surface area contributed by atoms with Crippen molar-refractivity contribution in [2.24, 2.45) is 11.5 Å². The molecule has 0 radical (unpaired) electrons. The standard InChI is InChI=1S/C18H22N2O2/c1-13(19)11-15-7-9-16(10-8-15)22-18(21)17(20)12-14-5-3-2-4-6-14/h2-10,13,17H,11-12,19-20H2,1H3/t13-,17+/m1/s1. The molecule has 4 N–H and O–H groups in total. The van der Waals surface area contributed by atoms with Crippen LogP contribution in [0.1, 0.15) is 18.1 Å². The van der Waals surface area contributed by atoms with Gasteiger partial charge in [-0.3, -0.25) is 0 Å². The lowest BCUT2D eigenvalue weighted by Crippen LogP contribution is -2.36. The van der Waals surface area contributed by atoms with Gasteiger partial charge >= 0.3 is 5.97 Å². The van der Waals surface area contributed by atoms with Crippen LogP contribution in [0, 0.1) is 0 Å². The number of esters is 1. The summed E-state index contributed by atoms with van der Waals surface area (Å²) in [6.45, 7) is 1.95. The fourth-order valence-electron chi connectivity index (χ4n) is 2.21. The molecule has 4 heteroatoms. The molecule has 0 aliphatic carbocycles. The second-order valence-electron chi connectivity index (χ2n) is 5.54. The van der Waals surface area contributed by atoms with Crippen molar-refractivity contribution >= 4 is 5.97 Å². The van der Waals surface area contributed by atoms with E-state index in [4.69, 9.17) is 16.2 Å². The summed E-state index contributed by atoms with van der Waals surface area (Å²) in [4.78, 5) is 12.0. The Hall–Kier alpha value is -2.17. The SMILES string of the molecule is C[C@@H](N)Cc1ccc(OC(=O)[C@@H](N)Cc2ccccc2)cc1. The molecule has 0 aromatic heterocycles. The minimum Gasteiger partial charge on any atom is -0.425 e. The van der Waals surface area contributed by atoms with E-state index in [9.17, 15) is 4.79 Å². The van der Waals surface area contributed by atoms with Crippen LogP contribution in [0.25, 0.3) is 0 Å². The lowest BCUT2D eigenvalue weighted by molar-refractivity contribution is -0.135. The molecule has 0 fully saturated rings. The quantitative estimate of drug-likeness (QED) is 0.632. The zero-order valence-electron chi connectivity index (χ0n) is 12.7. The molecule has 0 saturated carbocycles. The van der Waals surface area contributed by atoms with Gasteiger partial charge in [-0.15, -0.1) is 0 Å². The van der Waals surface area contributed by atoms with Crippen molar-refractivity contribution < 1.29 is 9.53 Å². The summed E-state index contributed by atoms with van der Waals surface area (Å²) in [6.07, 6.45) is 1.25. The number of carbonyl (C=O) groups is 1. The zero-order valence-corrected chi connectivity index (χ0v) is 12.7. The highest BCUT2D eigenvalue weighted by Gasteiger charge is 2.16. The Kier molecular flexibility index (Phi) is 5.69. The van der Waals surface area contributed by atoms with E-state index in [1.165, 1.54) is 0 Å². The number of benzene rings is 2. The van der Waals surface area contributed by atoms with Gasteiger partial charge in [0.1, 0.15) is 11.8 Å². The molecule has 0 aliphatic heterocycles. The van der Waals surface area contributed by atoms with Crippen LogP contribution in [0.15, 0.2) is 54.6 Å². The Bertz CT molecular complexity index is 594. The summed E-state index contributed by atoms with van der Waals surface area (Å²) in [5.74, 6) is 0.0748. The van der Waals surface area contributed by atoms with E-state index in [0.717, 1.165) is 17.5 Å². The third-order valence-electron chi connectivity index (χ3n) is 3.30. The summed E-state index contributed by atoms with van der Waals surface area (Å²) < 4.78 is 5.31. The molecule has 0 unspecified atom stereocenters. The molecule has 0 heterocycles.